The Morgan fingerprint density at radius 1 is 0.944 bits per heavy atom. The zero-order valence-corrected chi connectivity index (χ0v) is 9.95. The summed E-state index contributed by atoms with van der Waals surface area (Å²) in [4.78, 5) is 22.2. The smallest absolute Gasteiger partial charge is 0.307 e. The lowest BCUT2D eigenvalue weighted by molar-refractivity contribution is -0.155. The molecule has 1 saturated carbocycles. The van der Waals surface area contributed by atoms with Crippen LogP contribution in [0.5, 0.6) is 0 Å². The second kappa shape index (κ2) is 5.21. The van der Waals surface area contributed by atoms with Gasteiger partial charge in [0, 0.05) is 0 Å². The van der Waals surface area contributed by atoms with Crippen LogP contribution in [-0.4, -0.2) is 22.2 Å². The van der Waals surface area contributed by atoms with Crippen molar-refractivity contribution in [3.8, 4) is 0 Å². The first-order valence-corrected chi connectivity index (χ1v) is 6.10. The molecule has 2 rings (SSSR count). The van der Waals surface area contributed by atoms with E-state index >= 15 is 0 Å². The molecule has 1 aromatic rings. The van der Waals surface area contributed by atoms with E-state index in [2.05, 4.69) is 0 Å². The Morgan fingerprint density at radius 2 is 1.56 bits per heavy atom. The van der Waals surface area contributed by atoms with E-state index < -0.39 is 23.8 Å². The molecule has 1 aromatic carbocycles. The first-order valence-electron chi connectivity index (χ1n) is 6.10. The zero-order chi connectivity index (χ0) is 13.1. The van der Waals surface area contributed by atoms with Crippen LogP contribution >= 0.6 is 0 Å². The first kappa shape index (κ1) is 12.6. The van der Waals surface area contributed by atoms with Gasteiger partial charge in [-0.2, -0.15) is 0 Å². The summed E-state index contributed by atoms with van der Waals surface area (Å²) in [6.07, 6.45) is 1.59. The summed E-state index contributed by atoms with van der Waals surface area (Å²) >= 11 is 0. The maximum absolute atomic E-state index is 11.2. The van der Waals surface area contributed by atoms with Gasteiger partial charge >= 0.3 is 11.9 Å². The molecular formula is C14H16O4. The number of rotatable bonds is 3. The largest absolute Gasteiger partial charge is 0.481 e. The van der Waals surface area contributed by atoms with Crippen LogP contribution in [0.15, 0.2) is 30.3 Å². The van der Waals surface area contributed by atoms with E-state index in [1.807, 2.05) is 30.3 Å². The van der Waals surface area contributed by atoms with E-state index in [-0.39, 0.29) is 5.92 Å². The van der Waals surface area contributed by atoms with Crippen molar-refractivity contribution in [2.75, 3.05) is 0 Å². The monoisotopic (exact) mass is 248 g/mol. The summed E-state index contributed by atoms with van der Waals surface area (Å²) in [5.74, 6) is -3.36. The standard InChI is InChI=1S/C14H16O4/c15-13(16)11-7-6-10(8-12(11)14(17)18)9-4-2-1-3-5-9/h1-5,10-12H,6-8H2,(H,15,16)(H,17,18)/t10-,11-,12+/m1/s1. The Labute approximate surface area is 105 Å². The molecule has 18 heavy (non-hydrogen) atoms. The average molecular weight is 248 g/mol. The van der Waals surface area contributed by atoms with Gasteiger partial charge in [0.2, 0.25) is 0 Å². The highest BCUT2D eigenvalue weighted by Crippen LogP contribution is 2.39. The number of carbonyl (C=O) groups is 2. The zero-order valence-electron chi connectivity index (χ0n) is 9.95. The Hall–Kier alpha value is -1.84. The third-order valence-electron chi connectivity index (χ3n) is 3.76. The third kappa shape index (κ3) is 2.53. The number of hydrogen-bond donors (Lipinski definition) is 2. The van der Waals surface area contributed by atoms with E-state index in [0.29, 0.717) is 12.8 Å². The Balaban J connectivity index is 2.16. The molecule has 1 aliphatic rings. The molecule has 1 aliphatic carbocycles. The lowest BCUT2D eigenvalue weighted by Gasteiger charge is -2.31. The van der Waals surface area contributed by atoms with Gasteiger partial charge in [-0.1, -0.05) is 30.3 Å². The number of carboxylic acid groups (broad SMARTS) is 2. The van der Waals surface area contributed by atoms with Crippen LogP contribution in [0.4, 0.5) is 0 Å². The van der Waals surface area contributed by atoms with Crippen molar-refractivity contribution in [1.82, 2.24) is 0 Å². The highest BCUT2D eigenvalue weighted by atomic mass is 16.4. The summed E-state index contributed by atoms with van der Waals surface area (Å²) in [6, 6.07) is 9.72. The van der Waals surface area contributed by atoms with E-state index in [1.165, 1.54) is 0 Å². The average Bonchev–Trinajstić information content (AvgIpc) is 2.39. The van der Waals surface area contributed by atoms with Crippen molar-refractivity contribution in [3.05, 3.63) is 35.9 Å². The second-order valence-corrected chi connectivity index (χ2v) is 4.81. The van der Waals surface area contributed by atoms with E-state index in [9.17, 15) is 9.59 Å². The fourth-order valence-electron chi connectivity index (χ4n) is 2.77. The quantitative estimate of drug-likeness (QED) is 0.861. The van der Waals surface area contributed by atoms with Crippen LogP contribution in [0.3, 0.4) is 0 Å². The van der Waals surface area contributed by atoms with Gasteiger partial charge in [-0.3, -0.25) is 9.59 Å². The number of carboxylic acids is 2. The molecule has 96 valence electrons. The maximum Gasteiger partial charge on any atom is 0.307 e. The number of aliphatic carboxylic acids is 2. The third-order valence-corrected chi connectivity index (χ3v) is 3.76. The van der Waals surface area contributed by atoms with Gasteiger partial charge in [0.15, 0.2) is 0 Å². The van der Waals surface area contributed by atoms with Crippen LogP contribution in [0.2, 0.25) is 0 Å². The SMILES string of the molecule is O=C(O)[C@H]1C[C@H](c2ccccc2)CC[C@H]1C(=O)O. The molecule has 0 aromatic heterocycles. The molecule has 4 nitrogen and oxygen atoms in total. The van der Waals surface area contributed by atoms with Crippen molar-refractivity contribution in [1.29, 1.82) is 0 Å². The van der Waals surface area contributed by atoms with Gasteiger partial charge in [-0.15, -0.1) is 0 Å². The van der Waals surface area contributed by atoms with Gasteiger partial charge < -0.3 is 10.2 Å². The van der Waals surface area contributed by atoms with Crippen molar-refractivity contribution >= 4 is 11.9 Å². The number of hydrogen-bond acceptors (Lipinski definition) is 2. The molecule has 0 aliphatic heterocycles. The molecule has 0 spiro atoms. The number of benzene rings is 1. The summed E-state index contributed by atoms with van der Waals surface area (Å²) in [7, 11) is 0. The Bertz CT molecular complexity index is 440. The molecule has 1 fully saturated rings. The molecule has 0 radical (unpaired) electrons. The van der Waals surface area contributed by atoms with Crippen molar-refractivity contribution < 1.29 is 19.8 Å². The van der Waals surface area contributed by atoms with Crippen LogP contribution < -0.4 is 0 Å². The van der Waals surface area contributed by atoms with Gasteiger partial charge in [0.1, 0.15) is 0 Å². The molecule has 0 amide bonds. The van der Waals surface area contributed by atoms with Crippen molar-refractivity contribution in [2.24, 2.45) is 11.8 Å². The molecule has 0 heterocycles. The highest BCUT2D eigenvalue weighted by Gasteiger charge is 2.39. The molecule has 3 atom stereocenters. The first-order chi connectivity index (χ1) is 8.59. The van der Waals surface area contributed by atoms with Crippen LogP contribution in [0.1, 0.15) is 30.7 Å². The van der Waals surface area contributed by atoms with Gasteiger partial charge in [0.25, 0.3) is 0 Å². The van der Waals surface area contributed by atoms with E-state index in [0.717, 1.165) is 12.0 Å². The second-order valence-electron chi connectivity index (χ2n) is 4.81. The molecule has 0 bridgehead atoms. The summed E-state index contributed by atoms with van der Waals surface area (Å²) in [5, 5.41) is 18.2. The van der Waals surface area contributed by atoms with Gasteiger partial charge in [-0.25, -0.2) is 0 Å². The summed E-state index contributed by atoms with van der Waals surface area (Å²) in [6.45, 7) is 0. The molecule has 2 N–H and O–H groups in total. The van der Waals surface area contributed by atoms with E-state index in [4.69, 9.17) is 10.2 Å². The normalized spacial score (nSPS) is 27.7. The predicted octanol–water partition coefficient (Wildman–Crippen LogP) is 2.36. The fourth-order valence-corrected chi connectivity index (χ4v) is 2.77. The lowest BCUT2D eigenvalue weighted by Crippen LogP contribution is -2.35. The maximum atomic E-state index is 11.2. The minimum absolute atomic E-state index is 0.155. The fraction of sp³-hybridized carbons (Fsp3) is 0.429. The van der Waals surface area contributed by atoms with Crippen molar-refractivity contribution in [2.45, 2.75) is 25.2 Å². The molecular weight excluding hydrogens is 232 g/mol. The van der Waals surface area contributed by atoms with Gasteiger partial charge in [0.05, 0.1) is 11.8 Å². The minimum Gasteiger partial charge on any atom is -0.481 e. The molecule has 0 unspecified atom stereocenters. The predicted molar refractivity (Wildman–Crippen MR) is 65.3 cm³/mol. The minimum atomic E-state index is -0.997. The van der Waals surface area contributed by atoms with Crippen LogP contribution in [0.25, 0.3) is 0 Å². The summed E-state index contributed by atoms with van der Waals surface area (Å²) in [5.41, 5.74) is 1.10. The van der Waals surface area contributed by atoms with Crippen LogP contribution in [0, 0.1) is 11.8 Å². The molecule has 0 saturated heterocycles. The Morgan fingerprint density at radius 3 is 2.11 bits per heavy atom. The Kier molecular flexibility index (Phi) is 3.65. The molecule has 4 heteroatoms. The van der Waals surface area contributed by atoms with Crippen molar-refractivity contribution in [3.63, 3.8) is 0 Å². The summed E-state index contributed by atoms with van der Waals surface area (Å²) < 4.78 is 0. The van der Waals surface area contributed by atoms with Gasteiger partial charge in [-0.05, 0) is 30.7 Å². The van der Waals surface area contributed by atoms with E-state index in [1.54, 1.807) is 0 Å². The highest BCUT2D eigenvalue weighted by molar-refractivity contribution is 5.80. The topological polar surface area (TPSA) is 74.6 Å². The lowest BCUT2D eigenvalue weighted by atomic mass is 9.72. The van der Waals surface area contributed by atoms with Crippen LogP contribution in [-0.2, 0) is 9.59 Å².